The molecule has 9 heteroatoms. The van der Waals surface area contributed by atoms with Crippen LogP contribution in [0, 0.1) is 17.0 Å². The van der Waals surface area contributed by atoms with E-state index < -0.39 is 4.92 Å². The van der Waals surface area contributed by atoms with E-state index in [1.807, 2.05) is 54.1 Å². The van der Waals surface area contributed by atoms with Crippen molar-refractivity contribution < 1.29 is 9.34 Å². The zero-order valence-corrected chi connectivity index (χ0v) is 18.5. The van der Waals surface area contributed by atoms with Gasteiger partial charge >= 0.3 is 0 Å². The van der Waals surface area contributed by atoms with E-state index in [9.17, 15) is 10.1 Å². The lowest BCUT2D eigenvalue weighted by Gasteiger charge is -2.01. The Balaban J connectivity index is 1.70. The van der Waals surface area contributed by atoms with Crippen molar-refractivity contribution >= 4 is 51.2 Å². The number of furan rings is 1. The molecule has 0 unspecified atom stereocenters. The van der Waals surface area contributed by atoms with Gasteiger partial charge in [-0.3, -0.25) is 10.1 Å². The molecule has 0 aliphatic heterocycles. The monoisotopic (exact) mass is 460 g/mol. The van der Waals surface area contributed by atoms with Crippen molar-refractivity contribution in [1.29, 1.82) is 0 Å². The fourth-order valence-corrected chi connectivity index (χ4v) is 4.82. The van der Waals surface area contributed by atoms with Crippen LogP contribution in [0.15, 0.2) is 85.9 Å². The molecule has 3 aromatic heterocycles. The number of rotatable bonds is 5. The van der Waals surface area contributed by atoms with E-state index in [1.165, 1.54) is 17.4 Å². The number of nitro groups is 1. The Morgan fingerprint density at radius 2 is 1.91 bits per heavy atom. The number of aromatic nitrogens is 1. The Labute approximate surface area is 190 Å². The second-order valence-electron chi connectivity index (χ2n) is 6.93. The molecule has 0 saturated heterocycles. The van der Waals surface area contributed by atoms with Crippen LogP contribution in [0.1, 0.15) is 10.4 Å². The van der Waals surface area contributed by atoms with Crippen molar-refractivity contribution in [2.75, 3.05) is 0 Å². The second kappa shape index (κ2) is 8.37. The minimum Gasteiger partial charge on any atom is -0.454 e. The summed E-state index contributed by atoms with van der Waals surface area (Å²) in [4.78, 5) is 17.1. The molecule has 0 radical (unpaired) electrons. The molecule has 0 fully saturated rings. The first-order valence-electron chi connectivity index (χ1n) is 9.66. The second-order valence-corrected chi connectivity index (χ2v) is 8.72. The van der Waals surface area contributed by atoms with Crippen LogP contribution in [-0.4, -0.2) is 15.8 Å². The highest BCUT2D eigenvalue weighted by atomic mass is 32.1. The third kappa shape index (κ3) is 3.79. The van der Waals surface area contributed by atoms with Gasteiger partial charge in [-0.1, -0.05) is 30.3 Å². The lowest BCUT2D eigenvalue weighted by Crippen LogP contribution is -2.11. The summed E-state index contributed by atoms with van der Waals surface area (Å²) in [5.74, 6) is 0.645. The van der Waals surface area contributed by atoms with Gasteiger partial charge in [0.2, 0.25) is 4.80 Å². The average Bonchev–Trinajstić information content (AvgIpc) is 3.50. The van der Waals surface area contributed by atoms with Gasteiger partial charge < -0.3 is 4.42 Å². The maximum atomic E-state index is 11.4. The molecule has 5 rings (SSSR count). The summed E-state index contributed by atoms with van der Waals surface area (Å²) >= 11 is 2.93. The standard InChI is InChI=1S/C23H16N4O3S2/c1-15-10-11-31-22(15)13-24-26-19(21-12-16-6-2-5-9-20(16)30-21)14-32-23(26)25-17-7-3-4-8-18(17)27(28)29/h2-14H,1H3. The highest BCUT2D eigenvalue weighted by Crippen LogP contribution is 2.30. The predicted octanol–water partition coefficient (Wildman–Crippen LogP) is 6.36. The molecule has 32 heavy (non-hydrogen) atoms. The maximum absolute atomic E-state index is 11.4. The van der Waals surface area contributed by atoms with Crippen LogP contribution in [-0.2, 0) is 0 Å². The first-order valence-corrected chi connectivity index (χ1v) is 11.4. The Morgan fingerprint density at radius 3 is 2.69 bits per heavy atom. The Morgan fingerprint density at radius 1 is 1.09 bits per heavy atom. The summed E-state index contributed by atoms with van der Waals surface area (Å²) < 4.78 is 7.71. The molecule has 0 aliphatic carbocycles. The smallest absolute Gasteiger partial charge is 0.294 e. The first-order chi connectivity index (χ1) is 15.6. The number of hydrogen-bond acceptors (Lipinski definition) is 7. The number of aryl methyl sites for hydroxylation is 1. The van der Waals surface area contributed by atoms with Crippen molar-refractivity contribution in [3.63, 3.8) is 0 Å². The molecular formula is C23H16N4O3S2. The van der Waals surface area contributed by atoms with E-state index in [-0.39, 0.29) is 11.4 Å². The molecule has 3 heterocycles. The van der Waals surface area contributed by atoms with Crippen LogP contribution < -0.4 is 4.80 Å². The third-order valence-corrected chi connectivity index (χ3v) is 6.62. The molecule has 0 amide bonds. The molecule has 2 aromatic carbocycles. The van der Waals surface area contributed by atoms with Gasteiger partial charge in [0.1, 0.15) is 17.0 Å². The summed E-state index contributed by atoms with van der Waals surface area (Å²) in [7, 11) is 0. The van der Waals surface area contributed by atoms with Crippen LogP contribution in [0.5, 0.6) is 0 Å². The Kier molecular flexibility index (Phi) is 5.26. The van der Waals surface area contributed by atoms with E-state index >= 15 is 0 Å². The molecule has 158 valence electrons. The molecule has 0 atom stereocenters. The molecule has 5 aromatic rings. The quantitative estimate of drug-likeness (QED) is 0.174. The molecule has 7 nitrogen and oxygen atoms in total. The largest absolute Gasteiger partial charge is 0.454 e. The number of nitro benzene ring substituents is 1. The third-order valence-electron chi connectivity index (χ3n) is 4.85. The lowest BCUT2D eigenvalue weighted by atomic mass is 10.2. The summed E-state index contributed by atoms with van der Waals surface area (Å²) in [5, 5.41) is 21.0. The van der Waals surface area contributed by atoms with Gasteiger partial charge in [-0.2, -0.15) is 5.10 Å². The Bertz CT molecular complexity index is 1500. The van der Waals surface area contributed by atoms with E-state index in [2.05, 4.69) is 10.1 Å². The number of nitrogens with zero attached hydrogens (tertiary/aromatic N) is 4. The molecule has 0 N–H and O–H groups in total. The normalized spacial score (nSPS) is 12.2. The summed E-state index contributed by atoms with van der Waals surface area (Å²) in [5.41, 5.74) is 2.82. The maximum Gasteiger partial charge on any atom is 0.294 e. The Hall–Kier alpha value is -3.82. The molecule has 0 spiro atoms. The predicted molar refractivity (Wildman–Crippen MR) is 128 cm³/mol. The number of para-hydroxylation sites is 3. The fourth-order valence-electron chi connectivity index (χ4n) is 3.21. The van der Waals surface area contributed by atoms with Crippen LogP contribution in [0.25, 0.3) is 22.4 Å². The van der Waals surface area contributed by atoms with Crippen molar-refractivity contribution in [1.82, 2.24) is 4.68 Å². The molecular weight excluding hydrogens is 444 g/mol. The van der Waals surface area contributed by atoms with Gasteiger partial charge in [-0.05, 0) is 42.1 Å². The summed E-state index contributed by atoms with van der Waals surface area (Å²) in [6.07, 6.45) is 1.78. The molecule has 0 aliphatic rings. The zero-order valence-electron chi connectivity index (χ0n) is 16.8. The lowest BCUT2D eigenvalue weighted by molar-refractivity contribution is -0.384. The number of benzene rings is 2. The zero-order chi connectivity index (χ0) is 22.1. The van der Waals surface area contributed by atoms with Crippen molar-refractivity contribution in [3.05, 3.63) is 96.8 Å². The van der Waals surface area contributed by atoms with E-state index in [0.29, 0.717) is 16.3 Å². The topological polar surface area (TPSA) is 85.9 Å². The van der Waals surface area contributed by atoms with Crippen LogP contribution in [0.3, 0.4) is 0 Å². The highest BCUT2D eigenvalue weighted by Gasteiger charge is 2.15. The number of thiophene rings is 1. The average molecular weight is 461 g/mol. The van der Waals surface area contributed by atoms with Gasteiger partial charge in [0.15, 0.2) is 5.76 Å². The van der Waals surface area contributed by atoms with Gasteiger partial charge in [-0.15, -0.1) is 22.7 Å². The van der Waals surface area contributed by atoms with Gasteiger partial charge in [0.05, 0.1) is 16.0 Å². The minimum absolute atomic E-state index is 0.0594. The van der Waals surface area contributed by atoms with E-state index in [0.717, 1.165) is 21.4 Å². The SMILES string of the molecule is Cc1ccsc1C=Nn1c(-c2cc3ccccc3o2)csc1=Nc1ccccc1[N+](=O)[O-]. The van der Waals surface area contributed by atoms with Crippen molar-refractivity contribution in [2.45, 2.75) is 6.92 Å². The highest BCUT2D eigenvalue weighted by molar-refractivity contribution is 7.11. The molecule has 0 saturated carbocycles. The van der Waals surface area contributed by atoms with Gasteiger partial charge in [0.25, 0.3) is 5.69 Å². The fraction of sp³-hybridized carbons (Fsp3) is 0.0435. The van der Waals surface area contributed by atoms with E-state index in [4.69, 9.17) is 4.42 Å². The number of fused-ring (bicyclic) bond motifs is 1. The van der Waals surface area contributed by atoms with Crippen molar-refractivity contribution in [2.24, 2.45) is 10.1 Å². The number of thiazole rings is 1. The van der Waals surface area contributed by atoms with Crippen LogP contribution >= 0.6 is 22.7 Å². The minimum atomic E-state index is -0.435. The van der Waals surface area contributed by atoms with Crippen molar-refractivity contribution in [3.8, 4) is 11.5 Å². The molecule has 0 bridgehead atoms. The summed E-state index contributed by atoms with van der Waals surface area (Å²) in [6, 6.07) is 18.2. The first kappa shape index (κ1) is 20.1. The van der Waals surface area contributed by atoms with Crippen LogP contribution in [0.4, 0.5) is 11.4 Å². The van der Waals surface area contributed by atoms with Gasteiger partial charge in [0, 0.05) is 16.8 Å². The number of hydrogen-bond donors (Lipinski definition) is 0. The van der Waals surface area contributed by atoms with Gasteiger partial charge in [-0.25, -0.2) is 9.67 Å². The van der Waals surface area contributed by atoms with Crippen LogP contribution in [0.2, 0.25) is 0 Å². The van der Waals surface area contributed by atoms with E-state index in [1.54, 1.807) is 40.4 Å². The summed E-state index contributed by atoms with van der Waals surface area (Å²) in [6.45, 7) is 2.02.